The van der Waals surface area contributed by atoms with Crippen LogP contribution < -0.4 is 5.32 Å². The van der Waals surface area contributed by atoms with Crippen LogP contribution in [0, 0.1) is 0 Å². The van der Waals surface area contributed by atoms with Gasteiger partial charge >= 0.3 is 5.97 Å². The van der Waals surface area contributed by atoms with Gasteiger partial charge in [0.2, 0.25) is 5.91 Å². The van der Waals surface area contributed by atoms with Crippen LogP contribution in [0.4, 0.5) is 0 Å². The molecule has 0 aliphatic carbocycles. The third kappa shape index (κ3) is 5.37. The lowest BCUT2D eigenvalue weighted by Crippen LogP contribution is -2.41. The number of hydrogen-bond donors (Lipinski definition) is 2. The molecular weight excluding hydrogens is 276 g/mol. The Kier molecular flexibility index (Phi) is 5.94. The standard InChI is InChI=1S/C11H13ClN2O3S/c1-7(15)13-9(11(16)17)6-18-5-8-3-2-4-10(12)14-8/h2-4,9H,5-6H2,1H3,(H,13,15)(H,16,17)/t9-/m0/s1. The largest absolute Gasteiger partial charge is 0.480 e. The topological polar surface area (TPSA) is 79.3 Å². The molecule has 5 nitrogen and oxygen atoms in total. The average Bonchev–Trinajstić information content (AvgIpc) is 2.27. The van der Waals surface area contributed by atoms with Gasteiger partial charge in [0, 0.05) is 18.4 Å². The Morgan fingerprint density at radius 2 is 2.28 bits per heavy atom. The number of rotatable bonds is 6. The van der Waals surface area contributed by atoms with E-state index in [0.717, 1.165) is 5.69 Å². The van der Waals surface area contributed by atoms with Gasteiger partial charge in [0.05, 0.1) is 5.69 Å². The summed E-state index contributed by atoms with van der Waals surface area (Å²) < 4.78 is 0. The summed E-state index contributed by atoms with van der Waals surface area (Å²) >= 11 is 7.11. The molecule has 0 saturated heterocycles. The molecule has 98 valence electrons. The molecule has 1 rings (SSSR count). The molecule has 0 fully saturated rings. The molecule has 0 unspecified atom stereocenters. The van der Waals surface area contributed by atoms with Gasteiger partial charge in [-0.25, -0.2) is 9.78 Å². The van der Waals surface area contributed by atoms with Crippen molar-refractivity contribution in [2.24, 2.45) is 0 Å². The number of thioether (sulfide) groups is 1. The van der Waals surface area contributed by atoms with Crippen LogP contribution in [-0.4, -0.2) is 33.8 Å². The number of pyridine rings is 1. The van der Waals surface area contributed by atoms with Crippen LogP contribution >= 0.6 is 23.4 Å². The number of carboxylic acids is 1. The first-order valence-electron chi connectivity index (χ1n) is 5.18. The van der Waals surface area contributed by atoms with E-state index in [1.165, 1.54) is 18.7 Å². The maximum atomic E-state index is 10.9. The zero-order chi connectivity index (χ0) is 13.5. The minimum absolute atomic E-state index is 0.281. The molecule has 0 saturated carbocycles. The van der Waals surface area contributed by atoms with Crippen LogP contribution in [0.3, 0.4) is 0 Å². The predicted octanol–water partition coefficient (Wildman–Crippen LogP) is 1.56. The molecule has 0 radical (unpaired) electrons. The molecule has 1 atom stereocenters. The number of carbonyl (C=O) groups is 2. The summed E-state index contributed by atoms with van der Waals surface area (Å²) in [5.41, 5.74) is 0.777. The van der Waals surface area contributed by atoms with Gasteiger partial charge in [-0.3, -0.25) is 4.79 Å². The minimum atomic E-state index is -1.04. The molecule has 1 aromatic rings. The monoisotopic (exact) mass is 288 g/mol. The van der Waals surface area contributed by atoms with Crippen molar-refractivity contribution in [2.45, 2.75) is 18.7 Å². The fourth-order valence-electron chi connectivity index (χ4n) is 1.23. The van der Waals surface area contributed by atoms with Crippen molar-refractivity contribution in [1.29, 1.82) is 0 Å². The highest BCUT2D eigenvalue weighted by Gasteiger charge is 2.17. The van der Waals surface area contributed by atoms with Gasteiger partial charge in [0.15, 0.2) is 0 Å². The first kappa shape index (κ1) is 14.8. The van der Waals surface area contributed by atoms with Crippen LogP contribution in [0.1, 0.15) is 12.6 Å². The number of aromatic nitrogens is 1. The number of carbonyl (C=O) groups excluding carboxylic acids is 1. The summed E-state index contributed by atoms with van der Waals surface area (Å²) in [5, 5.41) is 11.7. The third-order valence-corrected chi connectivity index (χ3v) is 3.26. The van der Waals surface area contributed by atoms with Gasteiger partial charge in [0.25, 0.3) is 0 Å². The van der Waals surface area contributed by atoms with Crippen molar-refractivity contribution in [2.75, 3.05) is 5.75 Å². The Hall–Kier alpha value is -1.27. The van der Waals surface area contributed by atoms with E-state index < -0.39 is 12.0 Å². The number of hydrogen-bond acceptors (Lipinski definition) is 4. The number of aliphatic carboxylic acids is 1. The van der Waals surface area contributed by atoms with Gasteiger partial charge < -0.3 is 10.4 Å². The lowest BCUT2D eigenvalue weighted by atomic mass is 10.3. The Labute approximate surface area is 114 Å². The summed E-state index contributed by atoms with van der Waals surface area (Å²) in [7, 11) is 0. The minimum Gasteiger partial charge on any atom is -0.480 e. The van der Waals surface area contributed by atoms with E-state index in [0.29, 0.717) is 10.9 Å². The van der Waals surface area contributed by atoms with Crippen molar-refractivity contribution >= 4 is 35.2 Å². The molecule has 7 heteroatoms. The lowest BCUT2D eigenvalue weighted by Gasteiger charge is -2.12. The van der Waals surface area contributed by atoms with E-state index in [9.17, 15) is 9.59 Å². The number of nitrogens with zero attached hydrogens (tertiary/aromatic N) is 1. The third-order valence-electron chi connectivity index (χ3n) is 1.98. The summed E-state index contributed by atoms with van der Waals surface area (Å²) in [6.07, 6.45) is 0. The van der Waals surface area contributed by atoms with E-state index >= 15 is 0 Å². The molecule has 1 heterocycles. The second-order valence-electron chi connectivity index (χ2n) is 3.56. The number of amides is 1. The van der Waals surface area contributed by atoms with Gasteiger partial charge in [0.1, 0.15) is 11.2 Å². The Bertz CT molecular complexity index is 442. The van der Waals surface area contributed by atoms with Gasteiger partial charge in [-0.2, -0.15) is 11.8 Å². The van der Waals surface area contributed by atoms with E-state index in [1.54, 1.807) is 12.1 Å². The van der Waals surface area contributed by atoms with Gasteiger partial charge in [-0.15, -0.1) is 0 Å². The van der Waals surface area contributed by atoms with E-state index in [4.69, 9.17) is 16.7 Å². The number of nitrogens with one attached hydrogen (secondary N) is 1. The van der Waals surface area contributed by atoms with Crippen molar-refractivity contribution < 1.29 is 14.7 Å². The molecule has 1 amide bonds. The van der Waals surface area contributed by atoms with Crippen LogP contribution in [-0.2, 0) is 15.3 Å². The van der Waals surface area contributed by atoms with Crippen LogP contribution in [0.15, 0.2) is 18.2 Å². The maximum Gasteiger partial charge on any atom is 0.327 e. The van der Waals surface area contributed by atoms with E-state index in [-0.39, 0.29) is 11.7 Å². The first-order chi connectivity index (χ1) is 8.49. The molecule has 2 N–H and O–H groups in total. The highest BCUT2D eigenvalue weighted by atomic mass is 35.5. The number of halogens is 1. The Morgan fingerprint density at radius 1 is 1.56 bits per heavy atom. The SMILES string of the molecule is CC(=O)N[C@@H](CSCc1cccc(Cl)n1)C(=O)O. The van der Waals surface area contributed by atoms with Crippen LogP contribution in [0.25, 0.3) is 0 Å². The Morgan fingerprint density at radius 3 is 2.83 bits per heavy atom. The molecule has 0 aliphatic rings. The highest BCUT2D eigenvalue weighted by molar-refractivity contribution is 7.98. The summed E-state index contributed by atoms with van der Waals surface area (Å²) in [5.74, 6) is -0.576. The molecule has 18 heavy (non-hydrogen) atoms. The van der Waals surface area contributed by atoms with Crippen molar-refractivity contribution in [3.05, 3.63) is 29.0 Å². The van der Waals surface area contributed by atoms with Crippen molar-refractivity contribution in [1.82, 2.24) is 10.3 Å². The maximum absolute atomic E-state index is 10.9. The summed E-state index contributed by atoms with van der Waals surface area (Å²) in [6.45, 7) is 1.29. The first-order valence-corrected chi connectivity index (χ1v) is 6.71. The van der Waals surface area contributed by atoms with Crippen molar-refractivity contribution in [3.63, 3.8) is 0 Å². The molecule has 1 aromatic heterocycles. The molecule has 0 aliphatic heterocycles. The summed E-state index contributed by atoms with van der Waals surface area (Å²) in [6, 6.07) is 4.39. The fourth-order valence-corrected chi connectivity index (χ4v) is 2.36. The lowest BCUT2D eigenvalue weighted by molar-refractivity contribution is -0.140. The van der Waals surface area contributed by atoms with E-state index in [2.05, 4.69) is 10.3 Å². The molecule has 0 bridgehead atoms. The molecular formula is C11H13ClN2O3S. The zero-order valence-electron chi connectivity index (χ0n) is 9.72. The van der Waals surface area contributed by atoms with Gasteiger partial charge in [-0.05, 0) is 12.1 Å². The summed E-state index contributed by atoms with van der Waals surface area (Å²) in [4.78, 5) is 25.8. The normalized spacial score (nSPS) is 11.9. The molecule has 0 spiro atoms. The zero-order valence-corrected chi connectivity index (χ0v) is 11.3. The van der Waals surface area contributed by atoms with Crippen LogP contribution in [0.5, 0.6) is 0 Å². The molecule has 0 aromatic carbocycles. The Balaban J connectivity index is 2.43. The predicted molar refractivity (Wildman–Crippen MR) is 70.6 cm³/mol. The average molecular weight is 289 g/mol. The second kappa shape index (κ2) is 7.23. The van der Waals surface area contributed by atoms with Crippen molar-refractivity contribution in [3.8, 4) is 0 Å². The smallest absolute Gasteiger partial charge is 0.327 e. The second-order valence-corrected chi connectivity index (χ2v) is 4.98. The highest BCUT2D eigenvalue weighted by Crippen LogP contribution is 2.13. The van der Waals surface area contributed by atoms with Gasteiger partial charge in [-0.1, -0.05) is 17.7 Å². The van der Waals surface area contributed by atoms with Crippen LogP contribution in [0.2, 0.25) is 5.15 Å². The quantitative estimate of drug-likeness (QED) is 0.777. The number of carboxylic acid groups (broad SMARTS) is 1. The van der Waals surface area contributed by atoms with E-state index in [1.807, 2.05) is 6.07 Å². The fraction of sp³-hybridized carbons (Fsp3) is 0.364.